The highest BCUT2D eigenvalue weighted by molar-refractivity contribution is 5.78. The molecule has 0 radical (unpaired) electrons. The molecule has 0 spiro atoms. The number of hydrogen-bond acceptors (Lipinski definition) is 6. The van der Waals surface area contributed by atoms with E-state index in [-0.39, 0.29) is 18.6 Å². The Hall–Kier alpha value is -3.36. The van der Waals surface area contributed by atoms with E-state index >= 15 is 0 Å². The number of rotatable bonds is 10. The minimum Gasteiger partial charge on any atom is -0.493 e. The van der Waals surface area contributed by atoms with Crippen molar-refractivity contribution in [3.63, 3.8) is 0 Å². The summed E-state index contributed by atoms with van der Waals surface area (Å²) in [6.07, 6.45) is 1.94. The van der Waals surface area contributed by atoms with Crippen LogP contribution in [-0.4, -0.2) is 60.7 Å². The Morgan fingerprint density at radius 1 is 1.12 bits per heavy atom. The molecule has 8 heteroatoms. The van der Waals surface area contributed by atoms with E-state index in [0.717, 1.165) is 36.3 Å². The van der Waals surface area contributed by atoms with Gasteiger partial charge in [-0.25, -0.2) is 4.68 Å². The average Bonchev–Trinajstić information content (AvgIpc) is 3.48. The molecule has 0 aliphatic carbocycles. The zero-order valence-electron chi connectivity index (χ0n) is 19.9. The number of nitrogens with zero attached hydrogens (tertiary/aromatic N) is 3. The highest BCUT2D eigenvalue weighted by Crippen LogP contribution is 2.37. The summed E-state index contributed by atoms with van der Waals surface area (Å²) in [6, 6.07) is 17.4. The summed E-state index contributed by atoms with van der Waals surface area (Å²) in [4.78, 5) is 14.8. The molecule has 8 nitrogen and oxygen atoms in total. The number of aryl methyl sites for hydroxylation is 1. The lowest BCUT2D eigenvalue weighted by Crippen LogP contribution is -2.39. The van der Waals surface area contributed by atoms with Gasteiger partial charge in [0.15, 0.2) is 11.5 Å². The summed E-state index contributed by atoms with van der Waals surface area (Å²) in [5.41, 5.74) is 2.51. The maximum absolute atomic E-state index is 13.0. The van der Waals surface area contributed by atoms with E-state index in [2.05, 4.69) is 0 Å². The second kappa shape index (κ2) is 11.2. The van der Waals surface area contributed by atoms with Crippen LogP contribution >= 0.6 is 0 Å². The SMILES string of the molecule is COCC(=O)N(Cc1c(-c2ccccc2)nn(C)c1Oc1ccccc1OC)CC1CCCO1. The van der Waals surface area contributed by atoms with Crippen LogP contribution in [0.15, 0.2) is 54.6 Å². The van der Waals surface area contributed by atoms with Crippen LogP contribution in [0.5, 0.6) is 17.4 Å². The Morgan fingerprint density at radius 3 is 2.53 bits per heavy atom. The summed E-state index contributed by atoms with van der Waals surface area (Å²) < 4.78 is 24.5. The smallest absolute Gasteiger partial charge is 0.248 e. The number of ether oxygens (including phenoxy) is 4. The first-order valence-corrected chi connectivity index (χ1v) is 11.4. The van der Waals surface area contributed by atoms with E-state index in [1.165, 1.54) is 7.11 Å². The van der Waals surface area contributed by atoms with Crippen LogP contribution in [0.1, 0.15) is 18.4 Å². The number of carbonyl (C=O) groups excluding carboxylic acids is 1. The van der Waals surface area contributed by atoms with Gasteiger partial charge in [0.2, 0.25) is 11.8 Å². The fourth-order valence-electron chi connectivity index (χ4n) is 4.15. The Kier molecular flexibility index (Phi) is 7.82. The number of hydrogen-bond donors (Lipinski definition) is 0. The van der Waals surface area contributed by atoms with E-state index in [1.807, 2.05) is 61.6 Å². The monoisotopic (exact) mass is 465 g/mol. The maximum Gasteiger partial charge on any atom is 0.248 e. The number of methoxy groups -OCH3 is 2. The van der Waals surface area contributed by atoms with Gasteiger partial charge in [0.25, 0.3) is 0 Å². The molecule has 2 heterocycles. The molecule has 3 aromatic rings. The topological polar surface area (TPSA) is 75.1 Å². The van der Waals surface area contributed by atoms with Crippen LogP contribution in [0.25, 0.3) is 11.3 Å². The number of amides is 1. The number of benzene rings is 2. The van der Waals surface area contributed by atoms with Gasteiger partial charge in [-0.15, -0.1) is 0 Å². The van der Waals surface area contributed by atoms with Gasteiger partial charge in [-0.1, -0.05) is 42.5 Å². The van der Waals surface area contributed by atoms with Gasteiger partial charge in [-0.2, -0.15) is 5.10 Å². The molecule has 0 bridgehead atoms. The van der Waals surface area contributed by atoms with E-state index in [9.17, 15) is 4.79 Å². The normalized spacial score (nSPS) is 15.3. The van der Waals surface area contributed by atoms with Gasteiger partial charge in [-0.05, 0) is 25.0 Å². The first kappa shape index (κ1) is 23.8. The molecule has 4 rings (SSSR count). The molecule has 1 unspecified atom stereocenters. The highest BCUT2D eigenvalue weighted by atomic mass is 16.5. The largest absolute Gasteiger partial charge is 0.493 e. The second-order valence-electron chi connectivity index (χ2n) is 8.22. The standard InChI is InChI=1S/C26H31N3O5/c1-28-26(34-23-14-8-7-13-22(23)32-3)21(25(27-28)19-10-5-4-6-11-19)17-29(24(30)18-31-2)16-20-12-9-15-33-20/h4-8,10-11,13-14,20H,9,12,15-18H2,1-3H3. The summed E-state index contributed by atoms with van der Waals surface area (Å²) in [5.74, 6) is 1.63. The van der Waals surface area contributed by atoms with Crippen molar-refractivity contribution in [3.8, 4) is 28.6 Å². The Balaban J connectivity index is 1.74. The minimum absolute atomic E-state index is 0.00362. The van der Waals surface area contributed by atoms with Gasteiger partial charge < -0.3 is 23.8 Å². The van der Waals surface area contributed by atoms with Crippen LogP contribution in [-0.2, 0) is 27.9 Å². The average molecular weight is 466 g/mol. The molecule has 1 saturated heterocycles. The first-order valence-electron chi connectivity index (χ1n) is 11.4. The fourth-order valence-corrected chi connectivity index (χ4v) is 4.15. The van der Waals surface area contributed by atoms with Crippen LogP contribution in [0.3, 0.4) is 0 Å². The van der Waals surface area contributed by atoms with Crippen LogP contribution in [0, 0.1) is 0 Å². The summed E-state index contributed by atoms with van der Waals surface area (Å²) in [5, 5.41) is 4.77. The van der Waals surface area contributed by atoms with Crippen molar-refractivity contribution in [1.29, 1.82) is 0 Å². The lowest BCUT2D eigenvalue weighted by molar-refractivity contribution is -0.137. The summed E-state index contributed by atoms with van der Waals surface area (Å²) in [7, 11) is 4.97. The van der Waals surface area contributed by atoms with E-state index in [4.69, 9.17) is 24.0 Å². The van der Waals surface area contributed by atoms with E-state index in [1.54, 1.807) is 16.7 Å². The molecule has 1 fully saturated rings. The van der Waals surface area contributed by atoms with E-state index < -0.39 is 0 Å². The third kappa shape index (κ3) is 5.40. The van der Waals surface area contributed by atoms with Gasteiger partial charge >= 0.3 is 0 Å². The van der Waals surface area contributed by atoms with Crippen LogP contribution in [0.2, 0.25) is 0 Å². The summed E-state index contributed by atoms with van der Waals surface area (Å²) >= 11 is 0. The molecule has 180 valence electrons. The summed E-state index contributed by atoms with van der Waals surface area (Å²) in [6.45, 7) is 1.52. The molecular weight excluding hydrogens is 434 g/mol. The molecule has 1 amide bonds. The second-order valence-corrected chi connectivity index (χ2v) is 8.22. The zero-order chi connectivity index (χ0) is 23.9. The number of para-hydroxylation sites is 2. The van der Waals surface area contributed by atoms with Gasteiger partial charge in [0.1, 0.15) is 12.3 Å². The van der Waals surface area contributed by atoms with Gasteiger partial charge in [0.05, 0.1) is 25.3 Å². The zero-order valence-corrected chi connectivity index (χ0v) is 19.9. The van der Waals surface area contributed by atoms with Crippen LogP contribution in [0.4, 0.5) is 0 Å². The molecule has 0 saturated carbocycles. The Labute approximate surface area is 200 Å². The van der Waals surface area contributed by atoms with Crippen molar-refractivity contribution in [2.45, 2.75) is 25.5 Å². The van der Waals surface area contributed by atoms with Crippen LogP contribution < -0.4 is 9.47 Å². The minimum atomic E-state index is -0.107. The van der Waals surface area contributed by atoms with Gasteiger partial charge in [0, 0.05) is 32.9 Å². The van der Waals surface area contributed by atoms with Crippen molar-refractivity contribution < 1.29 is 23.7 Å². The molecule has 34 heavy (non-hydrogen) atoms. The fraction of sp³-hybridized carbons (Fsp3) is 0.385. The lowest BCUT2D eigenvalue weighted by Gasteiger charge is -2.26. The first-order chi connectivity index (χ1) is 16.6. The van der Waals surface area contributed by atoms with Crippen molar-refractivity contribution >= 4 is 5.91 Å². The van der Waals surface area contributed by atoms with Crippen molar-refractivity contribution in [2.24, 2.45) is 7.05 Å². The quantitative estimate of drug-likeness (QED) is 0.450. The maximum atomic E-state index is 13.0. The molecule has 1 aliphatic rings. The highest BCUT2D eigenvalue weighted by Gasteiger charge is 2.28. The molecule has 2 aromatic carbocycles. The third-order valence-corrected chi connectivity index (χ3v) is 5.83. The predicted molar refractivity (Wildman–Crippen MR) is 128 cm³/mol. The van der Waals surface area contributed by atoms with Crippen molar-refractivity contribution in [2.75, 3.05) is 34.0 Å². The Bertz CT molecular complexity index is 1090. The third-order valence-electron chi connectivity index (χ3n) is 5.83. The molecule has 0 N–H and O–H groups in total. The Morgan fingerprint density at radius 2 is 1.85 bits per heavy atom. The van der Waals surface area contributed by atoms with E-state index in [0.29, 0.717) is 30.5 Å². The molecular formula is C26H31N3O5. The lowest BCUT2D eigenvalue weighted by atomic mass is 10.1. The number of aromatic nitrogens is 2. The predicted octanol–water partition coefficient (Wildman–Crippen LogP) is 4.04. The van der Waals surface area contributed by atoms with Gasteiger partial charge in [-0.3, -0.25) is 4.79 Å². The number of carbonyl (C=O) groups is 1. The molecule has 1 atom stereocenters. The molecule has 1 aromatic heterocycles. The van der Waals surface area contributed by atoms with Crippen molar-refractivity contribution in [3.05, 3.63) is 60.2 Å². The molecule has 1 aliphatic heterocycles. The van der Waals surface area contributed by atoms with Crippen molar-refractivity contribution in [1.82, 2.24) is 14.7 Å².